The molecular formula is C9H12FN3O. The van der Waals surface area contributed by atoms with E-state index in [9.17, 15) is 9.18 Å². The Hall–Kier alpha value is -1.62. The highest BCUT2D eigenvalue weighted by atomic mass is 19.1. The Morgan fingerprint density at radius 3 is 2.71 bits per heavy atom. The SMILES string of the molecule is NCc1ccc(CNC(N)=O)c(F)c1. The van der Waals surface area contributed by atoms with Crippen molar-refractivity contribution in [3.8, 4) is 0 Å². The predicted octanol–water partition coefficient (Wildman–Crippen LogP) is 0.453. The average molecular weight is 197 g/mol. The number of carbonyl (C=O) groups excluding carboxylic acids is 1. The van der Waals surface area contributed by atoms with Crippen molar-refractivity contribution in [2.45, 2.75) is 13.1 Å². The molecule has 0 saturated heterocycles. The zero-order valence-electron chi connectivity index (χ0n) is 7.59. The maximum absolute atomic E-state index is 13.2. The van der Waals surface area contributed by atoms with Crippen LogP contribution in [0.25, 0.3) is 0 Å². The topological polar surface area (TPSA) is 81.1 Å². The van der Waals surface area contributed by atoms with Gasteiger partial charge in [-0.05, 0) is 11.6 Å². The zero-order valence-corrected chi connectivity index (χ0v) is 7.59. The molecule has 0 aliphatic carbocycles. The number of amides is 2. The summed E-state index contributed by atoms with van der Waals surface area (Å²) in [4.78, 5) is 10.4. The third kappa shape index (κ3) is 2.70. The summed E-state index contributed by atoms with van der Waals surface area (Å²) in [7, 11) is 0. The fourth-order valence-corrected chi connectivity index (χ4v) is 1.04. The summed E-state index contributed by atoms with van der Waals surface area (Å²) in [6, 6.07) is 3.96. The third-order valence-corrected chi connectivity index (χ3v) is 1.81. The number of benzene rings is 1. The highest BCUT2D eigenvalue weighted by Crippen LogP contribution is 2.09. The van der Waals surface area contributed by atoms with Gasteiger partial charge < -0.3 is 16.8 Å². The minimum atomic E-state index is -0.674. The van der Waals surface area contributed by atoms with E-state index in [2.05, 4.69) is 5.32 Å². The second kappa shape index (κ2) is 4.57. The van der Waals surface area contributed by atoms with Crippen molar-refractivity contribution >= 4 is 6.03 Å². The number of carbonyl (C=O) groups is 1. The highest BCUT2D eigenvalue weighted by Gasteiger charge is 2.03. The molecule has 14 heavy (non-hydrogen) atoms. The first kappa shape index (κ1) is 10.5. The number of rotatable bonds is 3. The van der Waals surface area contributed by atoms with E-state index in [0.717, 1.165) is 0 Å². The van der Waals surface area contributed by atoms with Gasteiger partial charge in [-0.2, -0.15) is 0 Å². The van der Waals surface area contributed by atoms with Gasteiger partial charge in [0.15, 0.2) is 0 Å². The van der Waals surface area contributed by atoms with Crippen molar-refractivity contribution in [2.75, 3.05) is 0 Å². The van der Waals surface area contributed by atoms with Gasteiger partial charge in [0, 0.05) is 18.7 Å². The van der Waals surface area contributed by atoms with Crippen LogP contribution in [0.2, 0.25) is 0 Å². The van der Waals surface area contributed by atoms with Gasteiger partial charge in [-0.3, -0.25) is 0 Å². The van der Waals surface area contributed by atoms with E-state index in [1.807, 2.05) is 0 Å². The quantitative estimate of drug-likeness (QED) is 0.657. The predicted molar refractivity (Wildman–Crippen MR) is 50.7 cm³/mol. The molecule has 0 saturated carbocycles. The van der Waals surface area contributed by atoms with E-state index in [1.54, 1.807) is 12.1 Å². The second-order valence-corrected chi connectivity index (χ2v) is 2.85. The minimum Gasteiger partial charge on any atom is -0.352 e. The summed E-state index contributed by atoms with van der Waals surface area (Å²) in [5.74, 6) is -0.387. The van der Waals surface area contributed by atoms with E-state index >= 15 is 0 Å². The normalized spacial score (nSPS) is 9.86. The van der Waals surface area contributed by atoms with Gasteiger partial charge >= 0.3 is 6.03 Å². The van der Waals surface area contributed by atoms with Crippen LogP contribution in [-0.4, -0.2) is 6.03 Å². The first-order chi connectivity index (χ1) is 6.63. The lowest BCUT2D eigenvalue weighted by molar-refractivity contribution is 0.248. The van der Waals surface area contributed by atoms with Crippen LogP contribution in [0, 0.1) is 5.82 Å². The van der Waals surface area contributed by atoms with E-state index in [0.29, 0.717) is 17.7 Å². The molecule has 0 aromatic heterocycles. The molecule has 0 fully saturated rings. The third-order valence-electron chi connectivity index (χ3n) is 1.81. The highest BCUT2D eigenvalue weighted by molar-refractivity contribution is 5.71. The van der Waals surface area contributed by atoms with Crippen molar-refractivity contribution < 1.29 is 9.18 Å². The molecule has 0 bridgehead atoms. The van der Waals surface area contributed by atoms with Gasteiger partial charge in [0.2, 0.25) is 0 Å². The summed E-state index contributed by atoms with van der Waals surface area (Å²) in [6.07, 6.45) is 0. The van der Waals surface area contributed by atoms with Crippen LogP contribution in [0.4, 0.5) is 9.18 Å². The Balaban J connectivity index is 2.73. The first-order valence-corrected chi connectivity index (χ1v) is 4.14. The van der Waals surface area contributed by atoms with Crippen LogP contribution < -0.4 is 16.8 Å². The van der Waals surface area contributed by atoms with Gasteiger partial charge in [-0.1, -0.05) is 12.1 Å². The molecular weight excluding hydrogens is 185 g/mol. The molecule has 0 unspecified atom stereocenters. The molecule has 0 atom stereocenters. The summed E-state index contributed by atoms with van der Waals surface area (Å²) in [6.45, 7) is 0.381. The van der Waals surface area contributed by atoms with Crippen LogP contribution in [-0.2, 0) is 13.1 Å². The number of urea groups is 1. The van der Waals surface area contributed by atoms with Crippen molar-refractivity contribution in [1.82, 2.24) is 5.32 Å². The van der Waals surface area contributed by atoms with Gasteiger partial charge in [0.1, 0.15) is 5.82 Å². The Bertz CT molecular complexity index is 341. The van der Waals surface area contributed by atoms with Gasteiger partial charge in [-0.15, -0.1) is 0 Å². The lowest BCUT2D eigenvalue weighted by atomic mass is 10.1. The number of halogens is 1. The summed E-state index contributed by atoms with van der Waals surface area (Å²) in [5, 5.41) is 2.31. The van der Waals surface area contributed by atoms with Crippen molar-refractivity contribution in [3.05, 3.63) is 35.1 Å². The molecule has 1 aromatic carbocycles. The maximum Gasteiger partial charge on any atom is 0.312 e. The van der Waals surface area contributed by atoms with Crippen LogP contribution in [0.5, 0.6) is 0 Å². The summed E-state index contributed by atoms with van der Waals surface area (Å²) >= 11 is 0. The number of nitrogens with one attached hydrogen (secondary N) is 1. The largest absolute Gasteiger partial charge is 0.352 e. The second-order valence-electron chi connectivity index (χ2n) is 2.85. The summed E-state index contributed by atoms with van der Waals surface area (Å²) in [5.41, 5.74) is 11.3. The van der Waals surface area contributed by atoms with Crippen LogP contribution in [0.3, 0.4) is 0 Å². The Labute approximate surface area is 81.1 Å². The molecule has 0 aliphatic heterocycles. The van der Waals surface area contributed by atoms with Gasteiger partial charge in [0.05, 0.1) is 0 Å². The zero-order chi connectivity index (χ0) is 10.6. The fourth-order valence-electron chi connectivity index (χ4n) is 1.04. The molecule has 0 heterocycles. The molecule has 0 spiro atoms. The van der Waals surface area contributed by atoms with Gasteiger partial charge in [-0.25, -0.2) is 9.18 Å². The van der Waals surface area contributed by atoms with Crippen molar-refractivity contribution in [2.24, 2.45) is 11.5 Å². The number of hydrogen-bond donors (Lipinski definition) is 3. The van der Waals surface area contributed by atoms with Crippen LogP contribution in [0.15, 0.2) is 18.2 Å². The lowest BCUT2D eigenvalue weighted by Crippen LogP contribution is -2.29. The Morgan fingerprint density at radius 1 is 1.50 bits per heavy atom. The lowest BCUT2D eigenvalue weighted by Gasteiger charge is -2.05. The molecule has 2 amide bonds. The fraction of sp³-hybridized carbons (Fsp3) is 0.222. The molecule has 4 nitrogen and oxygen atoms in total. The first-order valence-electron chi connectivity index (χ1n) is 4.14. The average Bonchev–Trinajstić information content (AvgIpc) is 2.15. The van der Waals surface area contributed by atoms with Gasteiger partial charge in [0.25, 0.3) is 0 Å². The molecule has 0 aliphatic rings. The Kier molecular flexibility index (Phi) is 3.41. The standard InChI is InChI=1S/C9H12FN3O/c10-8-3-6(4-11)1-2-7(8)5-13-9(12)14/h1-3H,4-5,11H2,(H3,12,13,14). The molecule has 5 heteroatoms. The number of primary amides is 1. The molecule has 0 radical (unpaired) electrons. The van der Waals surface area contributed by atoms with E-state index in [1.165, 1.54) is 6.07 Å². The van der Waals surface area contributed by atoms with Crippen molar-refractivity contribution in [3.63, 3.8) is 0 Å². The van der Waals surface area contributed by atoms with E-state index < -0.39 is 6.03 Å². The molecule has 1 aromatic rings. The van der Waals surface area contributed by atoms with Crippen LogP contribution >= 0.6 is 0 Å². The summed E-state index contributed by atoms with van der Waals surface area (Å²) < 4.78 is 13.2. The Morgan fingerprint density at radius 2 is 2.21 bits per heavy atom. The maximum atomic E-state index is 13.2. The minimum absolute atomic E-state index is 0.0893. The number of nitrogens with two attached hydrogens (primary N) is 2. The smallest absolute Gasteiger partial charge is 0.312 e. The molecule has 76 valence electrons. The molecule has 5 N–H and O–H groups in total. The van der Waals surface area contributed by atoms with E-state index in [-0.39, 0.29) is 12.4 Å². The van der Waals surface area contributed by atoms with Crippen molar-refractivity contribution in [1.29, 1.82) is 0 Å². The monoisotopic (exact) mass is 197 g/mol. The molecule has 1 rings (SSSR count). The van der Waals surface area contributed by atoms with Crippen LogP contribution in [0.1, 0.15) is 11.1 Å². The number of hydrogen-bond acceptors (Lipinski definition) is 2. The van der Waals surface area contributed by atoms with E-state index in [4.69, 9.17) is 11.5 Å².